The first-order valence-corrected chi connectivity index (χ1v) is 12.3. The van der Waals surface area contributed by atoms with Gasteiger partial charge >= 0.3 is 6.03 Å². The maximum absolute atomic E-state index is 12.4. The Hall–Kier alpha value is -3.51. The zero-order valence-corrected chi connectivity index (χ0v) is 20.9. The summed E-state index contributed by atoms with van der Waals surface area (Å²) in [5.41, 5.74) is 6.87. The Morgan fingerprint density at radius 1 is 1.11 bits per heavy atom. The van der Waals surface area contributed by atoms with Crippen LogP contribution in [0, 0.1) is 0 Å². The van der Waals surface area contributed by atoms with Crippen molar-refractivity contribution in [2.75, 3.05) is 38.6 Å². The Morgan fingerprint density at radius 3 is 2.66 bits per heavy atom. The number of hydrogen-bond acceptors (Lipinski definition) is 4. The van der Waals surface area contributed by atoms with Gasteiger partial charge in [-0.15, -0.1) is 0 Å². The second-order valence-corrected chi connectivity index (χ2v) is 9.22. The van der Waals surface area contributed by atoms with Gasteiger partial charge in [0.2, 0.25) is 0 Å². The maximum atomic E-state index is 12.4. The van der Waals surface area contributed by atoms with Crippen molar-refractivity contribution in [1.29, 1.82) is 0 Å². The lowest BCUT2D eigenvalue weighted by Crippen LogP contribution is -2.34. The Morgan fingerprint density at radius 2 is 1.91 bits per heavy atom. The summed E-state index contributed by atoms with van der Waals surface area (Å²) < 4.78 is 5.35. The van der Waals surface area contributed by atoms with Crippen molar-refractivity contribution in [1.82, 2.24) is 15.5 Å². The van der Waals surface area contributed by atoms with Gasteiger partial charge < -0.3 is 20.7 Å². The second kappa shape index (κ2) is 11.8. The summed E-state index contributed by atoms with van der Waals surface area (Å²) in [6.07, 6.45) is 8.64. The molecule has 0 spiro atoms. The Bertz CT molecular complexity index is 1120. The number of benzene rings is 2. The summed E-state index contributed by atoms with van der Waals surface area (Å²) in [7, 11) is 1.70. The van der Waals surface area contributed by atoms with Crippen LogP contribution >= 0.6 is 0 Å². The van der Waals surface area contributed by atoms with Crippen molar-refractivity contribution >= 4 is 17.3 Å². The molecule has 2 aromatic carbocycles. The number of amides is 2. The number of methoxy groups -OCH3 is 1. The minimum absolute atomic E-state index is 0.162. The molecule has 0 atom stereocenters. The Kier molecular flexibility index (Phi) is 8.27. The Balaban J connectivity index is 1.19. The average molecular weight is 473 g/mol. The number of nitrogens with one attached hydrogen (secondary N) is 3. The van der Waals surface area contributed by atoms with Gasteiger partial charge in [-0.25, -0.2) is 4.79 Å². The number of carbonyl (C=O) groups is 1. The molecule has 2 aliphatic heterocycles. The molecule has 0 bridgehead atoms. The minimum atomic E-state index is -0.162. The fraction of sp³-hybridized carbons (Fsp3) is 0.345. The molecule has 0 fully saturated rings. The van der Waals surface area contributed by atoms with Crippen LogP contribution in [0.3, 0.4) is 0 Å². The SMILES string of the molecule is COc1cccc(C2=CCN(CCCNC(=O)Nc3cccc(C4C=C(C)NC(C)=C4)c3)CC2)c1. The zero-order chi connectivity index (χ0) is 24.6. The van der Waals surface area contributed by atoms with Crippen molar-refractivity contribution < 1.29 is 9.53 Å². The normalized spacial score (nSPS) is 16.5. The molecule has 2 amide bonds. The van der Waals surface area contributed by atoms with E-state index in [-0.39, 0.29) is 11.9 Å². The molecule has 4 rings (SSSR count). The highest BCUT2D eigenvalue weighted by molar-refractivity contribution is 5.89. The summed E-state index contributed by atoms with van der Waals surface area (Å²) >= 11 is 0. The first kappa shape index (κ1) is 24.6. The van der Waals surface area contributed by atoms with Crippen LogP contribution in [0.1, 0.15) is 43.7 Å². The number of anilines is 1. The fourth-order valence-electron chi connectivity index (χ4n) is 4.68. The zero-order valence-electron chi connectivity index (χ0n) is 20.9. The molecule has 2 aliphatic rings. The third-order valence-electron chi connectivity index (χ3n) is 6.45. The third-order valence-corrected chi connectivity index (χ3v) is 6.45. The molecule has 6 heteroatoms. The van der Waals surface area contributed by atoms with E-state index in [4.69, 9.17) is 4.74 Å². The minimum Gasteiger partial charge on any atom is -0.497 e. The predicted molar refractivity (Wildman–Crippen MR) is 143 cm³/mol. The van der Waals surface area contributed by atoms with Crippen LogP contribution in [-0.4, -0.2) is 44.2 Å². The molecular weight excluding hydrogens is 436 g/mol. The highest BCUT2D eigenvalue weighted by atomic mass is 16.5. The predicted octanol–water partition coefficient (Wildman–Crippen LogP) is 5.49. The van der Waals surface area contributed by atoms with Gasteiger partial charge in [0.05, 0.1) is 7.11 Å². The molecule has 2 heterocycles. The van der Waals surface area contributed by atoms with Crippen LogP contribution in [0.15, 0.2) is 78.2 Å². The second-order valence-electron chi connectivity index (χ2n) is 9.22. The molecule has 0 aromatic heterocycles. The standard InChI is InChI=1S/C29H36N4O2/c1-21-17-26(18-22(2)31-21)24-7-4-9-27(19-24)32-29(34)30-13-6-14-33-15-11-23(12-16-33)25-8-5-10-28(20-25)35-3/h4-5,7-11,17-20,26,31H,6,12-16H2,1-3H3,(H2,30,32,34). The van der Waals surface area contributed by atoms with Crippen LogP contribution in [0.2, 0.25) is 0 Å². The van der Waals surface area contributed by atoms with Gasteiger partial charge in [-0.3, -0.25) is 4.90 Å². The Labute approximate surface area is 208 Å². The molecule has 0 aliphatic carbocycles. The van der Waals surface area contributed by atoms with E-state index < -0.39 is 0 Å². The van der Waals surface area contributed by atoms with E-state index in [1.807, 2.05) is 30.3 Å². The van der Waals surface area contributed by atoms with Crippen molar-refractivity contribution in [3.05, 3.63) is 89.3 Å². The first-order chi connectivity index (χ1) is 17.0. The molecule has 0 saturated heterocycles. The van der Waals surface area contributed by atoms with Crippen LogP contribution in [0.4, 0.5) is 10.5 Å². The van der Waals surface area contributed by atoms with Crippen molar-refractivity contribution in [3.63, 3.8) is 0 Å². The lowest BCUT2D eigenvalue weighted by molar-refractivity contribution is 0.250. The number of ether oxygens (including phenoxy) is 1. The van der Waals surface area contributed by atoms with Crippen LogP contribution in [-0.2, 0) is 0 Å². The van der Waals surface area contributed by atoms with E-state index in [1.165, 1.54) is 11.1 Å². The van der Waals surface area contributed by atoms with Crippen LogP contribution < -0.4 is 20.7 Å². The van der Waals surface area contributed by atoms with Gasteiger partial charge in [0.15, 0.2) is 0 Å². The molecule has 0 unspecified atom stereocenters. The quantitative estimate of drug-likeness (QED) is 0.445. The lowest BCUT2D eigenvalue weighted by Gasteiger charge is -2.26. The number of nitrogens with zero attached hydrogens (tertiary/aromatic N) is 1. The summed E-state index contributed by atoms with van der Waals surface area (Å²) in [6.45, 7) is 7.71. The number of rotatable bonds is 8. The van der Waals surface area contributed by atoms with Gasteiger partial charge in [-0.2, -0.15) is 0 Å². The largest absolute Gasteiger partial charge is 0.497 e. The van der Waals surface area contributed by atoms with Crippen molar-refractivity contribution in [2.24, 2.45) is 0 Å². The summed E-state index contributed by atoms with van der Waals surface area (Å²) in [6, 6.07) is 16.2. The molecule has 0 saturated carbocycles. The number of carbonyl (C=O) groups excluding carboxylic acids is 1. The van der Waals surface area contributed by atoms with Crippen LogP contribution in [0.5, 0.6) is 5.75 Å². The maximum Gasteiger partial charge on any atom is 0.319 e. The number of urea groups is 1. The molecule has 184 valence electrons. The summed E-state index contributed by atoms with van der Waals surface area (Å²) in [5, 5.41) is 9.29. The number of allylic oxidation sites excluding steroid dienone is 4. The third kappa shape index (κ3) is 6.99. The summed E-state index contributed by atoms with van der Waals surface area (Å²) in [5.74, 6) is 1.11. The first-order valence-electron chi connectivity index (χ1n) is 12.3. The van der Waals surface area contributed by atoms with Crippen LogP contribution in [0.25, 0.3) is 5.57 Å². The molecule has 6 nitrogen and oxygen atoms in total. The van der Waals surface area contributed by atoms with Gasteiger partial charge in [0.1, 0.15) is 5.75 Å². The van der Waals surface area contributed by atoms with E-state index in [0.29, 0.717) is 6.54 Å². The number of hydrogen-bond donors (Lipinski definition) is 3. The van der Waals surface area contributed by atoms with E-state index in [0.717, 1.165) is 60.9 Å². The van der Waals surface area contributed by atoms with Gasteiger partial charge in [0, 0.05) is 49.2 Å². The molecule has 2 aromatic rings. The topological polar surface area (TPSA) is 65.6 Å². The fourth-order valence-corrected chi connectivity index (χ4v) is 4.68. The summed E-state index contributed by atoms with van der Waals surface area (Å²) in [4.78, 5) is 14.8. The van der Waals surface area contributed by atoms with Gasteiger partial charge in [0.25, 0.3) is 0 Å². The highest BCUT2D eigenvalue weighted by Gasteiger charge is 2.14. The van der Waals surface area contributed by atoms with Gasteiger partial charge in [-0.05, 0) is 67.7 Å². The van der Waals surface area contributed by atoms with E-state index in [9.17, 15) is 4.79 Å². The van der Waals surface area contributed by atoms with Gasteiger partial charge in [-0.1, -0.05) is 42.5 Å². The molecule has 3 N–H and O–H groups in total. The van der Waals surface area contributed by atoms with Crippen molar-refractivity contribution in [3.8, 4) is 5.75 Å². The molecule has 35 heavy (non-hydrogen) atoms. The lowest BCUT2D eigenvalue weighted by atomic mass is 9.94. The van der Waals surface area contributed by atoms with Crippen molar-refractivity contribution in [2.45, 2.75) is 32.6 Å². The number of dihydropyridines is 1. The van der Waals surface area contributed by atoms with E-state index in [1.54, 1.807) is 7.11 Å². The highest BCUT2D eigenvalue weighted by Crippen LogP contribution is 2.27. The van der Waals surface area contributed by atoms with E-state index in [2.05, 4.69) is 71.1 Å². The smallest absolute Gasteiger partial charge is 0.319 e. The molecular formula is C29H36N4O2. The average Bonchev–Trinajstić information content (AvgIpc) is 2.86. The van der Waals surface area contributed by atoms with E-state index >= 15 is 0 Å². The monoisotopic (exact) mass is 472 g/mol. The molecule has 0 radical (unpaired) electrons.